The Morgan fingerprint density at radius 3 is 2.74 bits per heavy atom. The van der Waals surface area contributed by atoms with Gasteiger partial charge >= 0.3 is 0 Å². The van der Waals surface area contributed by atoms with Crippen LogP contribution in [0.4, 0.5) is 0 Å². The van der Waals surface area contributed by atoms with E-state index in [1.807, 2.05) is 12.1 Å². The molecule has 0 bridgehead atoms. The second-order valence-electron chi connectivity index (χ2n) is 5.10. The quantitative estimate of drug-likeness (QED) is 0.718. The van der Waals surface area contributed by atoms with Gasteiger partial charge in [-0.25, -0.2) is 8.42 Å². The lowest BCUT2D eigenvalue weighted by Gasteiger charge is -2.23. The van der Waals surface area contributed by atoms with Gasteiger partial charge in [0.25, 0.3) is 0 Å². The number of methoxy groups -OCH3 is 1. The van der Waals surface area contributed by atoms with Gasteiger partial charge in [-0.05, 0) is 36.2 Å². The van der Waals surface area contributed by atoms with Crippen molar-refractivity contribution in [3.8, 4) is 0 Å². The highest BCUT2D eigenvalue weighted by molar-refractivity contribution is 9.10. The van der Waals surface area contributed by atoms with Crippen molar-refractivity contribution in [2.24, 2.45) is 0 Å². The zero-order chi connectivity index (χ0) is 16.9. The molecule has 23 heavy (non-hydrogen) atoms. The van der Waals surface area contributed by atoms with Crippen molar-refractivity contribution >= 4 is 26.0 Å². The van der Waals surface area contributed by atoms with Crippen molar-refractivity contribution in [2.45, 2.75) is 18.4 Å². The van der Waals surface area contributed by atoms with Crippen LogP contribution in [0.2, 0.25) is 0 Å². The number of aryl methyl sites for hydroxylation is 1. The molecular weight excluding hydrogens is 380 g/mol. The minimum atomic E-state index is -3.63. The number of hydrogen-bond acceptors (Lipinski definition) is 4. The van der Waals surface area contributed by atoms with Crippen LogP contribution in [0.3, 0.4) is 0 Å². The van der Waals surface area contributed by atoms with Gasteiger partial charge in [-0.15, -0.1) is 0 Å². The zero-order valence-corrected chi connectivity index (χ0v) is 15.5. The van der Waals surface area contributed by atoms with Crippen molar-refractivity contribution in [3.05, 3.63) is 58.3 Å². The number of aromatic nitrogens is 1. The average Bonchev–Trinajstić information content (AvgIpc) is 2.54. The van der Waals surface area contributed by atoms with E-state index in [2.05, 4.69) is 20.9 Å². The molecule has 0 radical (unpaired) electrons. The highest BCUT2D eigenvalue weighted by atomic mass is 79.9. The Hall–Kier alpha value is -1.28. The second-order valence-corrected chi connectivity index (χ2v) is 7.92. The Morgan fingerprint density at radius 1 is 1.30 bits per heavy atom. The number of nitrogens with zero attached hydrogens (tertiary/aromatic N) is 2. The molecule has 0 aliphatic carbocycles. The summed E-state index contributed by atoms with van der Waals surface area (Å²) in [6.07, 6.45) is 3.33. The predicted octanol–water partition coefficient (Wildman–Crippen LogP) is 2.99. The summed E-state index contributed by atoms with van der Waals surface area (Å²) in [6, 6.07) is 8.90. The third-order valence-electron chi connectivity index (χ3n) is 3.39. The summed E-state index contributed by atoms with van der Waals surface area (Å²) in [5.41, 5.74) is 1.54. The van der Waals surface area contributed by atoms with E-state index in [9.17, 15) is 8.42 Å². The fourth-order valence-electron chi connectivity index (χ4n) is 2.16. The van der Waals surface area contributed by atoms with Crippen molar-refractivity contribution < 1.29 is 13.2 Å². The SMILES string of the molecule is COCCN(Cc1cccnc1)S(=O)(=O)c1cc(Br)ccc1C. The van der Waals surface area contributed by atoms with Crippen molar-refractivity contribution in [3.63, 3.8) is 0 Å². The fourth-order valence-corrected chi connectivity index (χ4v) is 4.34. The van der Waals surface area contributed by atoms with Crippen LogP contribution in [0.5, 0.6) is 0 Å². The molecular formula is C16H19BrN2O3S. The molecule has 124 valence electrons. The minimum absolute atomic E-state index is 0.255. The van der Waals surface area contributed by atoms with Crippen molar-refractivity contribution in [2.75, 3.05) is 20.3 Å². The van der Waals surface area contributed by atoms with Gasteiger partial charge in [-0.3, -0.25) is 4.98 Å². The molecule has 0 unspecified atom stereocenters. The summed E-state index contributed by atoms with van der Waals surface area (Å²) in [6.45, 7) is 2.65. The van der Waals surface area contributed by atoms with E-state index in [4.69, 9.17) is 4.74 Å². The first kappa shape index (κ1) is 18.1. The molecule has 1 aromatic heterocycles. The van der Waals surface area contributed by atoms with Crippen LogP contribution < -0.4 is 0 Å². The first-order valence-electron chi connectivity index (χ1n) is 7.09. The average molecular weight is 399 g/mol. The number of ether oxygens (including phenoxy) is 1. The van der Waals surface area contributed by atoms with Gasteiger partial charge in [-0.2, -0.15) is 4.31 Å². The number of pyridine rings is 1. The van der Waals surface area contributed by atoms with Crippen LogP contribution in [-0.2, 0) is 21.3 Å². The molecule has 0 amide bonds. The lowest BCUT2D eigenvalue weighted by atomic mass is 10.2. The standard InChI is InChI=1S/C16H19BrN2O3S/c1-13-5-6-15(17)10-16(13)23(20,21)19(8-9-22-2)12-14-4-3-7-18-11-14/h3-7,10-11H,8-9,12H2,1-2H3. The summed E-state index contributed by atoms with van der Waals surface area (Å²) in [5.74, 6) is 0. The number of benzene rings is 1. The third-order valence-corrected chi connectivity index (χ3v) is 5.87. The first-order chi connectivity index (χ1) is 10.9. The molecule has 2 aromatic rings. The monoisotopic (exact) mass is 398 g/mol. The molecule has 0 N–H and O–H groups in total. The van der Waals surface area contributed by atoms with Gasteiger partial charge in [0.05, 0.1) is 11.5 Å². The molecule has 7 heteroatoms. The highest BCUT2D eigenvalue weighted by Crippen LogP contribution is 2.25. The molecule has 1 aromatic carbocycles. The highest BCUT2D eigenvalue weighted by Gasteiger charge is 2.26. The van der Waals surface area contributed by atoms with Gasteiger partial charge < -0.3 is 4.74 Å². The van der Waals surface area contributed by atoms with Crippen LogP contribution in [-0.4, -0.2) is 38.0 Å². The first-order valence-corrected chi connectivity index (χ1v) is 9.32. The molecule has 0 aliphatic rings. The van der Waals surface area contributed by atoms with Crippen LogP contribution in [0, 0.1) is 6.92 Å². The van der Waals surface area contributed by atoms with E-state index in [1.165, 1.54) is 4.31 Å². The van der Waals surface area contributed by atoms with Gasteiger partial charge in [0.1, 0.15) is 0 Å². The van der Waals surface area contributed by atoms with Gasteiger partial charge in [0.2, 0.25) is 10.0 Å². The molecule has 0 spiro atoms. The zero-order valence-electron chi connectivity index (χ0n) is 13.1. The number of rotatable bonds is 7. The van der Waals surface area contributed by atoms with E-state index >= 15 is 0 Å². The smallest absolute Gasteiger partial charge is 0.243 e. The second kappa shape index (κ2) is 8.01. The molecule has 0 saturated heterocycles. The Bertz CT molecular complexity index is 751. The third kappa shape index (κ3) is 4.60. The maximum Gasteiger partial charge on any atom is 0.243 e. The number of hydrogen-bond donors (Lipinski definition) is 0. The lowest BCUT2D eigenvalue weighted by Crippen LogP contribution is -2.34. The topological polar surface area (TPSA) is 59.5 Å². The van der Waals surface area contributed by atoms with E-state index in [0.29, 0.717) is 17.1 Å². The summed E-state index contributed by atoms with van der Waals surface area (Å²) in [5, 5.41) is 0. The summed E-state index contributed by atoms with van der Waals surface area (Å²) in [7, 11) is -2.07. The molecule has 0 atom stereocenters. The Kier molecular flexibility index (Phi) is 6.29. The maximum atomic E-state index is 13.0. The van der Waals surface area contributed by atoms with Gasteiger partial charge in [0.15, 0.2) is 0 Å². The molecule has 0 aliphatic heterocycles. The Labute approximate surface area is 145 Å². The number of sulfonamides is 1. The number of halogens is 1. The van der Waals surface area contributed by atoms with Crippen LogP contribution in [0.25, 0.3) is 0 Å². The normalized spacial score (nSPS) is 11.8. The van der Waals surface area contributed by atoms with Gasteiger partial charge in [-0.1, -0.05) is 28.1 Å². The molecule has 5 nitrogen and oxygen atoms in total. The van der Waals surface area contributed by atoms with E-state index in [-0.39, 0.29) is 13.1 Å². The largest absolute Gasteiger partial charge is 0.383 e. The van der Waals surface area contributed by atoms with Crippen LogP contribution in [0.15, 0.2) is 52.1 Å². The van der Waals surface area contributed by atoms with Gasteiger partial charge in [0, 0.05) is 37.1 Å². The van der Waals surface area contributed by atoms with Crippen molar-refractivity contribution in [1.29, 1.82) is 0 Å². The van der Waals surface area contributed by atoms with E-state index < -0.39 is 10.0 Å². The van der Waals surface area contributed by atoms with Crippen LogP contribution in [0.1, 0.15) is 11.1 Å². The van der Waals surface area contributed by atoms with Crippen LogP contribution >= 0.6 is 15.9 Å². The molecule has 1 heterocycles. The Morgan fingerprint density at radius 2 is 2.09 bits per heavy atom. The fraction of sp³-hybridized carbons (Fsp3) is 0.312. The minimum Gasteiger partial charge on any atom is -0.383 e. The van der Waals surface area contributed by atoms with Crippen molar-refractivity contribution in [1.82, 2.24) is 9.29 Å². The molecule has 2 rings (SSSR count). The van der Waals surface area contributed by atoms with E-state index in [0.717, 1.165) is 10.0 Å². The molecule has 0 fully saturated rings. The maximum absolute atomic E-state index is 13.0. The summed E-state index contributed by atoms with van der Waals surface area (Å²) < 4.78 is 33.3. The predicted molar refractivity (Wildman–Crippen MR) is 92.6 cm³/mol. The van der Waals surface area contributed by atoms with E-state index in [1.54, 1.807) is 44.6 Å². The lowest BCUT2D eigenvalue weighted by molar-refractivity contribution is 0.177. The summed E-state index contributed by atoms with van der Waals surface area (Å²) in [4.78, 5) is 4.34. The summed E-state index contributed by atoms with van der Waals surface area (Å²) >= 11 is 3.34. The molecule has 0 saturated carbocycles. The Balaban J connectivity index is 2.38.